The second kappa shape index (κ2) is 5.77. The molecule has 1 heterocycles. The monoisotopic (exact) mass is 269 g/mol. The normalized spacial score (nSPS) is 41.1. The summed E-state index contributed by atoms with van der Waals surface area (Å²) in [4.78, 5) is 14.3. The molecule has 2 fully saturated rings. The Bertz CT molecular complexity index is 327. The molecule has 1 aliphatic heterocycles. The first kappa shape index (κ1) is 14.8. The van der Waals surface area contributed by atoms with Crippen molar-refractivity contribution in [3.63, 3.8) is 0 Å². The van der Waals surface area contributed by atoms with E-state index in [1.165, 1.54) is 0 Å². The van der Waals surface area contributed by atoms with Crippen LogP contribution < -0.4 is 11.1 Å². The minimum absolute atomic E-state index is 0.214. The van der Waals surface area contributed by atoms with Crippen LogP contribution in [-0.4, -0.2) is 54.7 Å². The van der Waals surface area contributed by atoms with Crippen molar-refractivity contribution in [2.45, 2.75) is 63.3 Å². The van der Waals surface area contributed by atoms with E-state index in [0.717, 1.165) is 38.8 Å². The first-order valence-electron chi connectivity index (χ1n) is 7.35. The molecule has 2 aliphatic rings. The summed E-state index contributed by atoms with van der Waals surface area (Å²) in [6.45, 7) is 6.14. The Hall–Kier alpha value is -0.650. The summed E-state index contributed by atoms with van der Waals surface area (Å²) in [5, 5.41) is 3.18. The lowest BCUT2D eigenvalue weighted by molar-refractivity contribution is -0.128. The molecule has 2 rings (SSSR count). The number of primary amides is 1. The Kier molecular flexibility index (Phi) is 4.48. The molecule has 0 aromatic rings. The van der Waals surface area contributed by atoms with Crippen molar-refractivity contribution in [3.05, 3.63) is 0 Å². The van der Waals surface area contributed by atoms with Crippen molar-refractivity contribution in [3.8, 4) is 0 Å². The molecule has 1 saturated carbocycles. The Morgan fingerprint density at radius 2 is 2.00 bits per heavy atom. The number of nitrogens with two attached hydrogens (primary N) is 1. The Labute approximate surface area is 115 Å². The van der Waals surface area contributed by atoms with Gasteiger partial charge in [-0.2, -0.15) is 0 Å². The summed E-state index contributed by atoms with van der Waals surface area (Å²) in [6.07, 6.45) is 4.40. The van der Waals surface area contributed by atoms with Gasteiger partial charge in [-0.05, 0) is 46.6 Å². The molecular weight excluding hydrogens is 242 g/mol. The van der Waals surface area contributed by atoms with Gasteiger partial charge in [-0.3, -0.25) is 9.69 Å². The summed E-state index contributed by atoms with van der Waals surface area (Å²) in [5.74, 6) is -0.214. The minimum atomic E-state index is -0.520. The molecule has 1 aliphatic carbocycles. The predicted molar refractivity (Wildman–Crippen MR) is 74.8 cm³/mol. The fourth-order valence-electron chi connectivity index (χ4n) is 3.65. The number of carbonyl (C=O) groups excluding carboxylic acids is 1. The molecule has 0 aromatic heterocycles. The highest BCUT2D eigenvalue weighted by molar-refractivity contribution is 5.84. The van der Waals surface area contributed by atoms with Gasteiger partial charge in [0.15, 0.2) is 0 Å². The van der Waals surface area contributed by atoms with E-state index < -0.39 is 5.54 Å². The lowest BCUT2D eigenvalue weighted by Gasteiger charge is -2.46. The average Bonchev–Trinajstić information content (AvgIpc) is 2.37. The molecule has 19 heavy (non-hydrogen) atoms. The number of likely N-dealkylation sites (N-methyl/N-ethyl adjacent to an activating group) is 1. The molecule has 3 N–H and O–H groups in total. The zero-order valence-electron chi connectivity index (χ0n) is 12.3. The van der Waals surface area contributed by atoms with Crippen LogP contribution in [0.5, 0.6) is 0 Å². The summed E-state index contributed by atoms with van der Waals surface area (Å²) in [7, 11) is 1.84. The van der Waals surface area contributed by atoms with Crippen molar-refractivity contribution in [1.29, 1.82) is 0 Å². The first-order valence-corrected chi connectivity index (χ1v) is 7.35. The number of hydrogen-bond donors (Lipinski definition) is 2. The number of amides is 1. The minimum Gasteiger partial charge on any atom is -0.373 e. The number of nitrogens with one attached hydrogen (secondary N) is 1. The lowest BCUT2D eigenvalue weighted by Crippen LogP contribution is -2.61. The van der Waals surface area contributed by atoms with Crippen LogP contribution in [0.1, 0.15) is 39.5 Å². The highest BCUT2D eigenvalue weighted by atomic mass is 16.5. The van der Waals surface area contributed by atoms with Gasteiger partial charge in [0, 0.05) is 19.1 Å². The Morgan fingerprint density at radius 3 is 2.53 bits per heavy atom. The van der Waals surface area contributed by atoms with E-state index in [0.29, 0.717) is 6.04 Å². The molecule has 5 nitrogen and oxygen atoms in total. The summed E-state index contributed by atoms with van der Waals surface area (Å²) >= 11 is 0. The van der Waals surface area contributed by atoms with Crippen molar-refractivity contribution >= 4 is 5.91 Å². The standard InChI is InChI=1S/C14H27N3O2/c1-10-8-17(9-11(2)19-10)12-5-4-6-14(7-12,16-3)13(15)18/h10-12,16H,4-9H2,1-3H3,(H2,15,18). The van der Waals surface area contributed by atoms with E-state index >= 15 is 0 Å². The average molecular weight is 269 g/mol. The van der Waals surface area contributed by atoms with Crippen LogP contribution in [0.15, 0.2) is 0 Å². The van der Waals surface area contributed by atoms with Gasteiger partial charge in [0.1, 0.15) is 0 Å². The van der Waals surface area contributed by atoms with Gasteiger partial charge in [-0.15, -0.1) is 0 Å². The summed E-state index contributed by atoms with van der Waals surface area (Å²) in [6, 6.07) is 0.433. The first-order chi connectivity index (χ1) is 8.97. The number of morpholine rings is 1. The van der Waals surface area contributed by atoms with Gasteiger partial charge in [0.25, 0.3) is 0 Å². The van der Waals surface area contributed by atoms with Crippen LogP contribution in [0.25, 0.3) is 0 Å². The molecule has 110 valence electrons. The van der Waals surface area contributed by atoms with Crippen molar-refractivity contribution < 1.29 is 9.53 Å². The van der Waals surface area contributed by atoms with Crippen molar-refractivity contribution in [2.24, 2.45) is 5.73 Å². The number of rotatable bonds is 3. The third-order valence-electron chi connectivity index (χ3n) is 4.64. The maximum absolute atomic E-state index is 11.8. The van der Waals surface area contributed by atoms with E-state index in [9.17, 15) is 4.79 Å². The van der Waals surface area contributed by atoms with Crippen molar-refractivity contribution in [1.82, 2.24) is 10.2 Å². The van der Waals surface area contributed by atoms with Gasteiger partial charge in [0.2, 0.25) is 5.91 Å². The van der Waals surface area contributed by atoms with Crippen LogP contribution in [-0.2, 0) is 9.53 Å². The Morgan fingerprint density at radius 1 is 1.37 bits per heavy atom. The van der Waals surface area contributed by atoms with Gasteiger partial charge in [-0.25, -0.2) is 0 Å². The SMILES string of the molecule is CNC1(C(N)=O)CCCC(N2CC(C)OC(C)C2)C1. The van der Waals surface area contributed by atoms with Gasteiger partial charge in [0.05, 0.1) is 17.7 Å². The van der Waals surface area contributed by atoms with E-state index in [1.54, 1.807) is 0 Å². The smallest absolute Gasteiger partial charge is 0.237 e. The maximum atomic E-state index is 11.8. The van der Waals surface area contributed by atoms with Gasteiger partial charge >= 0.3 is 0 Å². The van der Waals surface area contributed by atoms with Crippen LogP contribution in [0.3, 0.4) is 0 Å². The molecule has 5 heteroatoms. The zero-order chi connectivity index (χ0) is 14.0. The molecule has 4 unspecified atom stereocenters. The predicted octanol–water partition coefficient (Wildman–Crippen LogP) is 0.482. The second-order valence-electron chi connectivity index (χ2n) is 6.16. The topological polar surface area (TPSA) is 67.6 Å². The van der Waals surface area contributed by atoms with Crippen LogP contribution in [0.2, 0.25) is 0 Å². The summed E-state index contributed by atoms with van der Waals surface area (Å²) < 4.78 is 5.78. The Balaban J connectivity index is 2.06. The number of nitrogens with zero attached hydrogens (tertiary/aromatic N) is 1. The van der Waals surface area contributed by atoms with E-state index in [1.807, 2.05) is 7.05 Å². The van der Waals surface area contributed by atoms with Gasteiger partial charge in [-0.1, -0.05) is 0 Å². The number of carbonyl (C=O) groups is 1. The molecular formula is C14H27N3O2. The molecule has 0 radical (unpaired) electrons. The van der Waals surface area contributed by atoms with Gasteiger partial charge < -0.3 is 15.8 Å². The summed E-state index contributed by atoms with van der Waals surface area (Å²) in [5.41, 5.74) is 5.09. The highest BCUT2D eigenvalue weighted by Gasteiger charge is 2.42. The second-order valence-corrected chi connectivity index (χ2v) is 6.16. The largest absolute Gasteiger partial charge is 0.373 e. The van der Waals surface area contributed by atoms with E-state index in [2.05, 4.69) is 24.1 Å². The lowest BCUT2D eigenvalue weighted by atomic mass is 9.77. The fraction of sp³-hybridized carbons (Fsp3) is 0.929. The molecule has 1 amide bonds. The molecule has 0 aromatic carbocycles. The fourth-order valence-corrected chi connectivity index (χ4v) is 3.65. The quantitative estimate of drug-likeness (QED) is 0.782. The number of hydrogen-bond acceptors (Lipinski definition) is 4. The molecule has 0 spiro atoms. The molecule has 4 atom stereocenters. The zero-order valence-corrected chi connectivity index (χ0v) is 12.3. The third-order valence-corrected chi connectivity index (χ3v) is 4.64. The molecule has 0 bridgehead atoms. The van der Waals surface area contributed by atoms with E-state index in [4.69, 9.17) is 10.5 Å². The third kappa shape index (κ3) is 3.09. The maximum Gasteiger partial charge on any atom is 0.237 e. The highest BCUT2D eigenvalue weighted by Crippen LogP contribution is 2.32. The van der Waals surface area contributed by atoms with E-state index in [-0.39, 0.29) is 18.1 Å². The number of ether oxygens (including phenoxy) is 1. The van der Waals surface area contributed by atoms with Crippen LogP contribution in [0.4, 0.5) is 0 Å². The van der Waals surface area contributed by atoms with Crippen LogP contribution >= 0.6 is 0 Å². The van der Waals surface area contributed by atoms with Crippen molar-refractivity contribution in [2.75, 3.05) is 20.1 Å². The van der Waals surface area contributed by atoms with Crippen LogP contribution in [0, 0.1) is 0 Å². The molecule has 1 saturated heterocycles.